The summed E-state index contributed by atoms with van der Waals surface area (Å²) in [5.74, 6) is 0. The highest BCUT2D eigenvalue weighted by atomic mass is 16.5. The number of benzene rings is 1. The summed E-state index contributed by atoms with van der Waals surface area (Å²) in [4.78, 5) is 17.4. The van der Waals surface area contributed by atoms with Gasteiger partial charge in [-0.2, -0.15) is 0 Å². The van der Waals surface area contributed by atoms with E-state index in [1.807, 2.05) is 11.8 Å². The van der Waals surface area contributed by atoms with E-state index in [1.165, 1.54) is 11.1 Å². The molecule has 0 aromatic heterocycles. The zero-order chi connectivity index (χ0) is 20.1. The minimum absolute atomic E-state index is 0.00172. The van der Waals surface area contributed by atoms with Gasteiger partial charge in [-0.1, -0.05) is 45.0 Å². The fourth-order valence-electron chi connectivity index (χ4n) is 4.24. The Balaban J connectivity index is 1.61. The predicted molar refractivity (Wildman–Crippen MR) is 113 cm³/mol. The first-order valence-electron chi connectivity index (χ1n) is 10.8. The maximum absolute atomic E-state index is 13.0. The Morgan fingerprint density at radius 3 is 2.71 bits per heavy atom. The van der Waals surface area contributed by atoms with Gasteiger partial charge in [-0.05, 0) is 42.7 Å². The zero-order valence-corrected chi connectivity index (χ0v) is 18.0. The summed E-state index contributed by atoms with van der Waals surface area (Å²) in [6, 6.07) is 8.88. The normalized spacial score (nSPS) is 21.9. The van der Waals surface area contributed by atoms with E-state index < -0.39 is 0 Å². The Morgan fingerprint density at radius 1 is 1.25 bits per heavy atom. The molecule has 0 saturated carbocycles. The maximum Gasteiger partial charge on any atom is 0.317 e. The first kappa shape index (κ1) is 21.1. The molecule has 0 aliphatic carbocycles. The topological polar surface area (TPSA) is 44.8 Å². The Bertz CT molecular complexity index is 653. The molecule has 0 bridgehead atoms. The zero-order valence-electron chi connectivity index (χ0n) is 18.0. The number of ether oxygens (including phenoxy) is 1. The molecule has 1 aromatic rings. The maximum atomic E-state index is 13.0. The van der Waals surface area contributed by atoms with Crippen LogP contribution in [0.15, 0.2) is 24.3 Å². The number of urea groups is 1. The Labute approximate surface area is 170 Å². The highest BCUT2D eigenvalue weighted by Gasteiger charge is 2.32. The van der Waals surface area contributed by atoms with Crippen molar-refractivity contribution in [2.24, 2.45) is 5.41 Å². The van der Waals surface area contributed by atoms with Gasteiger partial charge in [-0.3, -0.25) is 4.90 Å². The molecular weight excluding hydrogens is 350 g/mol. The number of amides is 2. The molecule has 0 radical (unpaired) electrons. The Morgan fingerprint density at radius 2 is 2.00 bits per heavy atom. The van der Waals surface area contributed by atoms with E-state index in [4.69, 9.17) is 4.74 Å². The summed E-state index contributed by atoms with van der Waals surface area (Å²) < 4.78 is 5.76. The van der Waals surface area contributed by atoms with E-state index in [-0.39, 0.29) is 23.6 Å². The summed E-state index contributed by atoms with van der Waals surface area (Å²) >= 11 is 0. The second kappa shape index (κ2) is 9.27. The van der Waals surface area contributed by atoms with Crippen LogP contribution < -0.4 is 5.32 Å². The summed E-state index contributed by atoms with van der Waals surface area (Å²) in [5.41, 5.74) is 2.88. The summed E-state index contributed by atoms with van der Waals surface area (Å²) in [6.45, 7) is 13.8. The number of nitrogens with zero attached hydrogens (tertiary/aromatic N) is 2. The molecular formula is C23H37N3O2. The lowest BCUT2D eigenvalue weighted by atomic mass is 9.86. The second-order valence-electron chi connectivity index (χ2n) is 9.29. The third kappa shape index (κ3) is 5.48. The van der Waals surface area contributed by atoms with E-state index in [0.29, 0.717) is 13.2 Å². The lowest BCUT2D eigenvalue weighted by molar-refractivity contribution is 0.0152. The molecule has 1 N–H and O–H groups in total. The average Bonchev–Trinajstić information content (AvgIpc) is 2.67. The number of hydrogen-bond donors (Lipinski definition) is 1. The fourth-order valence-corrected chi connectivity index (χ4v) is 4.24. The van der Waals surface area contributed by atoms with Crippen LogP contribution in [-0.4, -0.2) is 60.8 Å². The lowest BCUT2D eigenvalue weighted by Gasteiger charge is -2.40. The molecule has 28 heavy (non-hydrogen) atoms. The summed E-state index contributed by atoms with van der Waals surface area (Å²) in [6.07, 6.45) is 3.33. The SMILES string of the molecule is CCO[C@H]1CCCN(C(=O)N[C@H](CN2CCc3ccccc3C2)C(C)(C)C)C1. The molecule has 5 nitrogen and oxygen atoms in total. The Hall–Kier alpha value is -1.59. The molecule has 2 atom stereocenters. The van der Waals surface area contributed by atoms with Gasteiger partial charge in [-0.15, -0.1) is 0 Å². The van der Waals surface area contributed by atoms with Crippen LogP contribution in [-0.2, 0) is 17.7 Å². The molecule has 3 rings (SSSR count). The van der Waals surface area contributed by atoms with E-state index in [2.05, 4.69) is 55.3 Å². The molecule has 1 fully saturated rings. The molecule has 5 heteroatoms. The van der Waals surface area contributed by atoms with Crippen LogP contribution in [0, 0.1) is 5.41 Å². The van der Waals surface area contributed by atoms with Gasteiger partial charge in [-0.25, -0.2) is 4.79 Å². The van der Waals surface area contributed by atoms with E-state index >= 15 is 0 Å². The molecule has 2 amide bonds. The molecule has 0 spiro atoms. The van der Waals surface area contributed by atoms with Gasteiger partial charge >= 0.3 is 6.03 Å². The van der Waals surface area contributed by atoms with Crippen molar-refractivity contribution in [1.82, 2.24) is 15.1 Å². The van der Waals surface area contributed by atoms with Crippen molar-refractivity contribution in [2.75, 3.05) is 32.8 Å². The largest absolute Gasteiger partial charge is 0.377 e. The molecule has 2 aliphatic rings. The van der Waals surface area contributed by atoms with Gasteiger partial charge in [0.05, 0.1) is 6.10 Å². The average molecular weight is 388 g/mol. The van der Waals surface area contributed by atoms with E-state index in [1.54, 1.807) is 0 Å². The van der Waals surface area contributed by atoms with Crippen molar-refractivity contribution in [3.05, 3.63) is 35.4 Å². The van der Waals surface area contributed by atoms with Crippen molar-refractivity contribution in [3.63, 3.8) is 0 Å². The molecule has 1 aromatic carbocycles. The third-order valence-corrected chi connectivity index (χ3v) is 6.06. The minimum atomic E-state index is 0.00172. The van der Waals surface area contributed by atoms with Crippen molar-refractivity contribution in [1.29, 1.82) is 0 Å². The monoisotopic (exact) mass is 387 g/mol. The first-order chi connectivity index (χ1) is 13.4. The molecule has 2 aliphatic heterocycles. The van der Waals surface area contributed by atoms with Crippen molar-refractivity contribution < 1.29 is 9.53 Å². The van der Waals surface area contributed by atoms with Gasteiger partial charge < -0.3 is 15.0 Å². The van der Waals surface area contributed by atoms with Crippen LogP contribution in [0.1, 0.15) is 51.7 Å². The predicted octanol–water partition coefficient (Wildman–Crippen LogP) is 3.67. The van der Waals surface area contributed by atoms with Crippen LogP contribution in [0.4, 0.5) is 4.79 Å². The second-order valence-corrected chi connectivity index (χ2v) is 9.29. The Kier molecular flexibility index (Phi) is 7.00. The quantitative estimate of drug-likeness (QED) is 0.838. The van der Waals surface area contributed by atoms with E-state index in [9.17, 15) is 4.79 Å². The van der Waals surface area contributed by atoms with Crippen molar-refractivity contribution >= 4 is 6.03 Å². The fraction of sp³-hybridized carbons (Fsp3) is 0.696. The number of carbonyl (C=O) groups excluding carboxylic acids is 1. The number of carbonyl (C=O) groups is 1. The van der Waals surface area contributed by atoms with E-state index in [0.717, 1.165) is 45.4 Å². The number of piperidine rings is 1. The smallest absolute Gasteiger partial charge is 0.317 e. The van der Waals surface area contributed by atoms with Crippen LogP contribution in [0.2, 0.25) is 0 Å². The van der Waals surface area contributed by atoms with Gasteiger partial charge in [0.1, 0.15) is 0 Å². The van der Waals surface area contributed by atoms with Gasteiger partial charge in [0.15, 0.2) is 0 Å². The number of hydrogen-bond acceptors (Lipinski definition) is 3. The molecule has 156 valence electrons. The molecule has 0 unspecified atom stereocenters. The molecule has 2 heterocycles. The lowest BCUT2D eigenvalue weighted by Crippen LogP contribution is -2.56. The number of likely N-dealkylation sites (tertiary alicyclic amines) is 1. The summed E-state index contributed by atoms with van der Waals surface area (Å²) in [7, 11) is 0. The highest BCUT2D eigenvalue weighted by Crippen LogP contribution is 2.24. The number of rotatable bonds is 5. The van der Waals surface area contributed by atoms with Crippen LogP contribution in [0.3, 0.4) is 0 Å². The standard InChI is InChI=1S/C23H37N3O2/c1-5-28-20-11-8-13-26(16-20)22(27)24-21(23(2,3)4)17-25-14-12-18-9-6-7-10-19(18)15-25/h6-7,9-10,20-21H,5,8,11-17H2,1-4H3,(H,24,27)/t20-,21+/m0/s1. The number of nitrogens with one attached hydrogen (secondary N) is 1. The van der Waals surface area contributed by atoms with Crippen LogP contribution in [0.5, 0.6) is 0 Å². The van der Waals surface area contributed by atoms with Crippen molar-refractivity contribution in [3.8, 4) is 0 Å². The molecule has 1 saturated heterocycles. The van der Waals surface area contributed by atoms with Crippen molar-refractivity contribution in [2.45, 2.75) is 65.6 Å². The third-order valence-electron chi connectivity index (χ3n) is 6.06. The van der Waals surface area contributed by atoms with Crippen LogP contribution >= 0.6 is 0 Å². The summed E-state index contributed by atoms with van der Waals surface area (Å²) in [5, 5.41) is 3.35. The minimum Gasteiger partial charge on any atom is -0.377 e. The van der Waals surface area contributed by atoms with Gasteiger partial charge in [0.2, 0.25) is 0 Å². The highest BCUT2D eigenvalue weighted by molar-refractivity contribution is 5.74. The number of fused-ring (bicyclic) bond motifs is 1. The van der Waals surface area contributed by atoms with Crippen LogP contribution in [0.25, 0.3) is 0 Å². The first-order valence-corrected chi connectivity index (χ1v) is 10.8. The van der Waals surface area contributed by atoms with Gasteiger partial charge in [0, 0.05) is 45.4 Å². The van der Waals surface area contributed by atoms with Gasteiger partial charge in [0.25, 0.3) is 0 Å².